The van der Waals surface area contributed by atoms with E-state index in [0.717, 1.165) is 26.5 Å². The summed E-state index contributed by atoms with van der Waals surface area (Å²) in [6.45, 7) is 2.99. The lowest BCUT2D eigenvalue weighted by Gasteiger charge is -2.17. The topological polar surface area (TPSA) is 76.2 Å². The largest absolute Gasteiger partial charge is 0.486 e. The average Bonchev–Trinajstić information content (AvgIpc) is 3.06. The Hall–Kier alpha value is -1.97. The molecule has 2 N–H and O–H groups in total. The van der Waals surface area contributed by atoms with Gasteiger partial charge in [0.2, 0.25) is 5.91 Å². The van der Waals surface area contributed by atoms with E-state index in [2.05, 4.69) is 15.3 Å². The van der Waals surface area contributed by atoms with Crippen molar-refractivity contribution in [2.24, 2.45) is 0 Å². The van der Waals surface area contributed by atoms with Gasteiger partial charge in [0, 0.05) is 22.7 Å². The fourth-order valence-corrected chi connectivity index (χ4v) is 4.62. The van der Waals surface area contributed by atoms with E-state index in [0.29, 0.717) is 28.0 Å². The summed E-state index contributed by atoms with van der Waals surface area (Å²) < 4.78 is 12.8. The van der Waals surface area contributed by atoms with Gasteiger partial charge in [0.15, 0.2) is 20.6 Å². The number of ether oxygens (including phenoxy) is 2. The van der Waals surface area contributed by atoms with Gasteiger partial charge >= 0.3 is 0 Å². The van der Waals surface area contributed by atoms with Crippen molar-refractivity contribution in [2.45, 2.75) is 13.3 Å². The fraction of sp³-hybridized carbons (Fsp3) is 0.267. The molecule has 9 heteroatoms. The van der Waals surface area contributed by atoms with Crippen LogP contribution in [0.25, 0.3) is 10.2 Å². The van der Waals surface area contributed by atoms with Crippen LogP contribution < -0.4 is 14.8 Å². The normalized spacial score (nSPS) is 13.2. The first kappa shape index (κ1) is 15.6. The number of anilines is 1. The molecule has 124 valence electrons. The summed E-state index contributed by atoms with van der Waals surface area (Å²) in [5.41, 5.74) is 1.72. The van der Waals surface area contributed by atoms with Gasteiger partial charge in [-0.05, 0) is 19.1 Å². The average molecular weight is 379 g/mol. The van der Waals surface area contributed by atoms with Crippen LogP contribution >= 0.6 is 34.9 Å². The number of hydrogen-bond acceptors (Lipinski definition) is 7. The minimum absolute atomic E-state index is 0.111. The van der Waals surface area contributed by atoms with Crippen LogP contribution in [0.3, 0.4) is 0 Å². The predicted molar refractivity (Wildman–Crippen MR) is 97.2 cm³/mol. The smallest absolute Gasteiger partial charge is 0.231 e. The summed E-state index contributed by atoms with van der Waals surface area (Å²) in [6.07, 6.45) is 0.280. The van der Waals surface area contributed by atoms with Crippen LogP contribution in [0.4, 0.5) is 5.13 Å². The Morgan fingerprint density at radius 3 is 2.79 bits per heavy atom. The van der Waals surface area contributed by atoms with E-state index in [1.54, 1.807) is 0 Å². The zero-order valence-electron chi connectivity index (χ0n) is 12.7. The third-order valence-electron chi connectivity index (χ3n) is 3.54. The van der Waals surface area contributed by atoms with E-state index in [1.807, 2.05) is 19.1 Å². The molecule has 6 nitrogen and oxygen atoms in total. The molecule has 1 amide bonds. The van der Waals surface area contributed by atoms with Crippen LogP contribution in [0.1, 0.15) is 10.6 Å². The van der Waals surface area contributed by atoms with E-state index in [9.17, 15) is 4.79 Å². The Bertz CT molecular complexity index is 946. The van der Waals surface area contributed by atoms with E-state index < -0.39 is 0 Å². The first-order chi connectivity index (χ1) is 11.6. The standard InChI is InChI=1S/C15H13N3O3S3/c1-7-11(24-15(22)16-7)6-13(19)18-14-17-8-4-9-10(5-12(8)23-14)21-3-2-20-9/h4-5H,2-3,6H2,1H3,(H,16,22)(H,17,18,19). The van der Waals surface area contributed by atoms with Gasteiger partial charge in [-0.3, -0.25) is 4.79 Å². The SMILES string of the molecule is Cc1[nH]c(=S)sc1CC(=O)Nc1nc2cc3c(cc2s1)OCCO3. The highest BCUT2D eigenvalue weighted by atomic mass is 32.1. The minimum Gasteiger partial charge on any atom is -0.486 e. The molecule has 0 unspecified atom stereocenters. The molecule has 0 spiro atoms. The number of carbonyl (C=O) groups is 1. The third-order valence-corrected chi connectivity index (χ3v) is 5.81. The van der Waals surface area contributed by atoms with Crippen LogP contribution in [-0.2, 0) is 11.2 Å². The maximum absolute atomic E-state index is 12.2. The number of aromatic nitrogens is 2. The number of aromatic amines is 1. The first-order valence-corrected chi connectivity index (χ1v) is 9.31. The van der Waals surface area contributed by atoms with Gasteiger partial charge < -0.3 is 19.8 Å². The summed E-state index contributed by atoms with van der Waals surface area (Å²) in [4.78, 5) is 20.7. The third kappa shape index (κ3) is 3.02. The first-order valence-electron chi connectivity index (χ1n) is 7.27. The molecule has 1 aromatic carbocycles. The van der Waals surface area contributed by atoms with Gasteiger partial charge in [-0.25, -0.2) is 4.98 Å². The van der Waals surface area contributed by atoms with Gasteiger partial charge in [0.25, 0.3) is 0 Å². The monoisotopic (exact) mass is 379 g/mol. The molecule has 0 radical (unpaired) electrons. The highest BCUT2D eigenvalue weighted by Gasteiger charge is 2.16. The number of amides is 1. The Balaban J connectivity index is 1.54. The summed E-state index contributed by atoms with van der Waals surface area (Å²) >= 11 is 7.93. The van der Waals surface area contributed by atoms with E-state index >= 15 is 0 Å². The number of carbonyl (C=O) groups excluding carboxylic acids is 1. The van der Waals surface area contributed by atoms with Crippen molar-refractivity contribution in [3.63, 3.8) is 0 Å². The van der Waals surface area contributed by atoms with Crippen LogP contribution in [0.15, 0.2) is 12.1 Å². The Morgan fingerprint density at radius 2 is 2.08 bits per heavy atom. The molecule has 0 atom stereocenters. The molecular weight excluding hydrogens is 366 g/mol. The van der Waals surface area contributed by atoms with Gasteiger partial charge in [0.1, 0.15) is 13.2 Å². The van der Waals surface area contributed by atoms with E-state index in [-0.39, 0.29) is 12.3 Å². The molecule has 0 saturated carbocycles. The second kappa shape index (κ2) is 6.15. The maximum atomic E-state index is 12.2. The van der Waals surface area contributed by atoms with Crippen LogP contribution in [0.5, 0.6) is 11.5 Å². The molecule has 3 aromatic rings. The number of nitrogens with zero attached hydrogens (tertiary/aromatic N) is 1. The van der Waals surface area contributed by atoms with Gasteiger partial charge in [-0.1, -0.05) is 11.3 Å². The number of nitrogens with one attached hydrogen (secondary N) is 2. The van der Waals surface area contributed by atoms with Crippen molar-refractivity contribution < 1.29 is 14.3 Å². The number of fused-ring (bicyclic) bond motifs is 2. The number of H-pyrrole nitrogens is 1. The molecule has 0 aliphatic carbocycles. The molecular formula is C15H13N3O3S3. The number of rotatable bonds is 3. The summed E-state index contributed by atoms with van der Waals surface area (Å²) in [5, 5.41) is 3.42. The number of benzene rings is 1. The zero-order chi connectivity index (χ0) is 16.7. The highest BCUT2D eigenvalue weighted by Crippen LogP contribution is 2.37. The van der Waals surface area contributed by atoms with Crippen molar-refractivity contribution >= 4 is 56.1 Å². The molecule has 3 heterocycles. The molecule has 24 heavy (non-hydrogen) atoms. The summed E-state index contributed by atoms with van der Waals surface area (Å²) in [5.74, 6) is 1.30. The van der Waals surface area contributed by atoms with E-state index in [4.69, 9.17) is 21.7 Å². The Morgan fingerprint density at radius 1 is 1.33 bits per heavy atom. The molecule has 0 bridgehead atoms. The summed E-state index contributed by atoms with van der Waals surface area (Å²) in [6, 6.07) is 3.75. The highest BCUT2D eigenvalue weighted by molar-refractivity contribution is 7.73. The minimum atomic E-state index is -0.111. The quantitative estimate of drug-likeness (QED) is 0.679. The lowest BCUT2D eigenvalue weighted by atomic mass is 10.3. The van der Waals surface area contributed by atoms with Gasteiger partial charge in [0.05, 0.1) is 16.6 Å². The van der Waals surface area contributed by atoms with Crippen molar-refractivity contribution in [3.05, 3.63) is 26.7 Å². The van der Waals surface area contributed by atoms with Gasteiger partial charge in [-0.2, -0.15) is 0 Å². The second-order valence-corrected chi connectivity index (χ2v) is 8.07. The van der Waals surface area contributed by atoms with Crippen LogP contribution in [0, 0.1) is 10.9 Å². The Labute approximate surface area is 150 Å². The zero-order valence-corrected chi connectivity index (χ0v) is 15.1. The molecule has 2 aromatic heterocycles. The van der Waals surface area contributed by atoms with Crippen molar-refractivity contribution in [3.8, 4) is 11.5 Å². The fourth-order valence-electron chi connectivity index (χ4n) is 2.43. The molecule has 1 aliphatic rings. The lowest BCUT2D eigenvalue weighted by molar-refractivity contribution is -0.115. The molecule has 1 aliphatic heterocycles. The lowest BCUT2D eigenvalue weighted by Crippen LogP contribution is -2.15. The van der Waals surface area contributed by atoms with Crippen LogP contribution in [0.2, 0.25) is 0 Å². The molecule has 4 rings (SSSR count). The number of thiazole rings is 2. The number of hydrogen-bond donors (Lipinski definition) is 2. The van der Waals surface area contributed by atoms with Crippen molar-refractivity contribution in [1.29, 1.82) is 0 Å². The number of aryl methyl sites for hydroxylation is 1. The van der Waals surface area contributed by atoms with E-state index in [1.165, 1.54) is 22.7 Å². The van der Waals surface area contributed by atoms with Gasteiger partial charge in [-0.15, -0.1) is 11.3 Å². The Kier molecular flexibility index (Phi) is 3.99. The van der Waals surface area contributed by atoms with Crippen LogP contribution in [-0.4, -0.2) is 29.1 Å². The predicted octanol–water partition coefficient (Wildman–Crippen LogP) is 3.68. The summed E-state index contributed by atoms with van der Waals surface area (Å²) in [7, 11) is 0. The van der Waals surface area contributed by atoms with Crippen molar-refractivity contribution in [2.75, 3.05) is 18.5 Å². The second-order valence-electron chi connectivity index (χ2n) is 5.27. The molecule has 0 fully saturated rings. The maximum Gasteiger partial charge on any atom is 0.231 e. The van der Waals surface area contributed by atoms with Crippen molar-refractivity contribution in [1.82, 2.24) is 9.97 Å². The molecule has 0 saturated heterocycles.